The number of carboxylic acids is 1. The van der Waals surface area contributed by atoms with Crippen LogP contribution in [0.4, 0.5) is 5.69 Å². The summed E-state index contributed by atoms with van der Waals surface area (Å²) < 4.78 is 0. The van der Waals surface area contributed by atoms with Crippen LogP contribution in [0.5, 0.6) is 0 Å². The van der Waals surface area contributed by atoms with Gasteiger partial charge < -0.3 is 15.3 Å². The third-order valence-corrected chi connectivity index (χ3v) is 5.62. The number of aryl methyl sites for hydroxylation is 1. The summed E-state index contributed by atoms with van der Waals surface area (Å²) >= 11 is 0. The number of amides is 1. The molecule has 140 valence electrons. The van der Waals surface area contributed by atoms with Crippen molar-refractivity contribution in [3.63, 3.8) is 0 Å². The van der Waals surface area contributed by atoms with Crippen LogP contribution in [-0.4, -0.2) is 41.5 Å². The first-order chi connectivity index (χ1) is 13.1. The van der Waals surface area contributed by atoms with Gasteiger partial charge in [0, 0.05) is 25.6 Å². The van der Waals surface area contributed by atoms with E-state index in [4.69, 9.17) is 0 Å². The maximum atomic E-state index is 13.2. The van der Waals surface area contributed by atoms with E-state index in [0.29, 0.717) is 12.1 Å². The Morgan fingerprint density at radius 1 is 1.11 bits per heavy atom. The molecule has 2 N–H and O–H groups in total. The Bertz CT molecular complexity index is 878. The number of anilines is 1. The molecule has 1 atom stereocenters. The summed E-state index contributed by atoms with van der Waals surface area (Å²) in [7, 11) is 0. The minimum atomic E-state index is -0.914. The monoisotopic (exact) mass is 364 g/mol. The number of rotatable bonds is 3. The molecule has 5 heteroatoms. The fraction of sp³-hybridized carbons (Fsp3) is 0.364. The number of para-hydroxylation sites is 1. The summed E-state index contributed by atoms with van der Waals surface area (Å²) in [5.41, 5.74) is 4.27. The quantitative estimate of drug-likeness (QED) is 0.870. The molecule has 2 aliphatic heterocycles. The molecule has 0 radical (unpaired) electrons. The molecule has 0 aliphatic carbocycles. The number of likely N-dealkylation sites (tertiary alicyclic amines) is 1. The van der Waals surface area contributed by atoms with E-state index in [9.17, 15) is 14.7 Å². The van der Waals surface area contributed by atoms with Crippen molar-refractivity contribution in [3.8, 4) is 0 Å². The van der Waals surface area contributed by atoms with E-state index in [1.165, 1.54) is 5.56 Å². The molecule has 4 rings (SSSR count). The molecule has 2 aliphatic rings. The average molecular weight is 364 g/mol. The van der Waals surface area contributed by atoms with Gasteiger partial charge >= 0.3 is 5.97 Å². The molecular weight excluding hydrogens is 340 g/mol. The molecule has 2 aromatic rings. The van der Waals surface area contributed by atoms with E-state index in [1.807, 2.05) is 23.1 Å². The number of nitrogens with zero attached hydrogens (tertiary/aromatic N) is 1. The van der Waals surface area contributed by atoms with Crippen molar-refractivity contribution in [1.82, 2.24) is 4.90 Å². The Kier molecular flexibility index (Phi) is 4.84. The maximum absolute atomic E-state index is 13.2. The van der Waals surface area contributed by atoms with Gasteiger partial charge in [0.1, 0.15) is 0 Å². The van der Waals surface area contributed by atoms with Crippen LogP contribution in [-0.2, 0) is 6.42 Å². The molecule has 27 heavy (non-hydrogen) atoms. The van der Waals surface area contributed by atoms with Gasteiger partial charge in [0.2, 0.25) is 0 Å². The van der Waals surface area contributed by atoms with Gasteiger partial charge in [-0.3, -0.25) is 4.79 Å². The molecule has 1 amide bonds. The van der Waals surface area contributed by atoms with Crippen LogP contribution in [0, 0.1) is 0 Å². The lowest BCUT2D eigenvalue weighted by molar-refractivity contribution is 0.0688. The van der Waals surface area contributed by atoms with E-state index in [-0.39, 0.29) is 11.8 Å². The first kappa shape index (κ1) is 17.6. The van der Waals surface area contributed by atoms with Crippen LogP contribution >= 0.6 is 0 Å². The molecule has 0 bridgehead atoms. The molecule has 2 aromatic carbocycles. The van der Waals surface area contributed by atoms with Crippen molar-refractivity contribution in [2.75, 3.05) is 25.0 Å². The van der Waals surface area contributed by atoms with Gasteiger partial charge in [-0.2, -0.15) is 0 Å². The van der Waals surface area contributed by atoms with Gasteiger partial charge in [0.15, 0.2) is 0 Å². The molecule has 1 unspecified atom stereocenters. The molecule has 0 spiro atoms. The van der Waals surface area contributed by atoms with Gasteiger partial charge in [0.05, 0.1) is 16.8 Å². The van der Waals surface area contributed by atoms with E-state index in [1.54, 1.807) is 18.2 Å². The predicted molar refractivity (Wildman–Crippen MR) is 105 cm³/mol. The van der Waals surface area contributed by atoms with Gasteiger partial charge in [-0.05, 0) is 55.0 Å². The number of piperidine rings is 1. The number of benzene rings is 2. The molecule has 2 heterocycles. The Morgan fingerprint density at radius 2 is 1.96 bits per heavy atom. The zero-order valence-corrected chi connectivity index (χ0v) is 15.3. The summed E-state index contributed by atoms with van der Waals surface area (Å²) in [6, 6.07) is 13.1. The highest BCUT2D eigenvalue weighted by Crippen LogP contribution is 2.31. The zero-order chi connectivity index (χ0) is 18.8. The normalized spacial score (nSPS) is 19.1. The van der Waals surface area contributed by atoms with Gasteiger partial charge in [-0.1, -0.05) is 24.3 Å². The van der Waals surface area contributed by atoms with Crippen LogP contribution in [0.2, 0.25) is 0 Å². The number of nitrogens with one attached hydrogen (secondary N) is 1. The minimum Gasteiger partial charge on any atom is -0.478 e. The second-order valence-electron chi connectivity index (χ2n) is 7.39. The van der Waals surface area contributed by atoms with Crippen LogP contribution in [0.15, 0.2) is 42.5 Å². The van der Waals surface area contributed by atoms with Crippen molar-refractivity contribution >= 4 is 17.6 Å². The summed E-state index contributed by atoms with van der Waals surface area (Å²) in [6.07, 6.45) is 4.00. The lowest BCUT2D eigenvalue weighted by Gasteiger charge is -2.34. The van der Waals surface area contributed by atoms with Crippen LogP contribution in [0.1, 0.15) is 57.0 Å². The fourth-order valence-corrected chi connectivity index (χ4v) is 4.22. The van der Waals surface area contributed by atoms with Crippen LogP contribution in [0.3, 0.4) is 0 Å². The summed E-state index contributed by atoms with van der Waals surface area (Å²) in [4.78, 5) is 26.4. The van der Waals surface area contributed by atoms with Gasteiger partial charge in [0.25, 0.3) is 5.91 Å². The largest absolute Gasteiger partial charge is 0.478 e. The number of carboxylic acid groups (broad SMARTS) is 1. The number of hydrogen-bond donors (Lipinski definition) is 2. The summed E-state index contributed by atoms with van der Waals surface area (Å²) in [5, 5.41) is 12.6. The first-order valence-electron chi connectivity index (χ1n) is 9.62. The number of carbonyl (C=O) groups is 2. The maximum Gasteiger partial charge on any atom is 0.335 e. The van der Waals surface area contributed by atoms with Gasteiger partial charge in [-0.25, -0.2) is 4.79 Å². The summed E-state index contributed by atoms with van der Waals surface area (Å²) in [5.74, 6) is -0.669. The van der Waals surface area contributed by atoms with E-state index in [0.717, 1.165) is 55.6 Å². The van der Waals surface area contributed by atoms with Crippen molar-refractivity contribution < 1.29 is 14.7 Å². The van der Waals surface area contributed by atoms with Crippen LogP contribution in [0.25, 0.3) is 0 Å². The van der Waals surface area contributed by atoms with E-state index in [2.05, 4.69) is 11.4 Å². The Balaban J connectivity index is 1.56. The zero-order valence-electron chi connectivity index (χ0n) is 15.3. The fourth-order valence-electron chi connectivity index (χ4n) is 4.22. The van der Waals surface area contributed by atoms with Gasteiger partial charge in [-0.15, -0.1) is 0 Å². The lowest BCUT2D eigenvalue weighted by atomic mass is 9.89. The predicted octanol–water partition coefficient (Wildman–Crippen LogP) is 3.76. The number of aromatic carboxylic acids is 1. The van der Waals surface area contributed by atoms with Crippen molar-refractivity contribution in [1.29, 1.82) is 0 Å². The topological polar surface area (TPSA) is 69.6 Å². The SMILES string of the molecule is O=C(O)c1cccc(C2CCCN(C(=O)c3cccc4c3NCCC4)C2)c1. The first-order valence-corrected chi connectivity index (χ1v) is 9.62. The molecule has 0 saturated carbocycles. The average Bonchev–Trinajstić information content (AvgIpc) is 2.73. The lowest BCUT2D eigenvalue weighted by Crippen LogP contribution is -2.39. The number of hydrogen-bond acceptors (Lipinski definition) is 3. The third-order valence-electron chi connectivity index (χ3n) is 5.62. The summed E-state index contributed by atoms with van der Waals surface area (Å²) in [6.45, 7) is 2.28. The Labute approximate surface area is 159 Å². The van der Waals surface area contributed by atoms with Crippen LogP contribution < -0.4 is 5.32 Å². The van der Waals surface area contributed by atoms with Crippen molar-refractivity contribution in [3.05, 3.63) is 64.7 Å². The molecule has 0 aromatic heterocycles. The number of fused-ring (bicyclic) bond motifs is 1. The molecule has 5 nitrogen and oxygen atoms in total. The number of carbonyl (C=O) groups excluding carboxylic acids is 1. The van der Waals surface area contributed by atoms with E-state index >= 15 is 0 Å². The second-order valence-corrected chi connectivity index (χ2v) is 7.39. The second kappa shape index (κ2) is 7.43. The molecular formula is C22H24N2O3. The molecule has 1 fully saturated rings. The molecule has 1 saturated heterocycles. The smallest absolute Gasteiger partial charge is 0.335 e. The van der Waals surface area contributed by atoms with Crippen molar-refractivity contribution in [2.45, 2.75) is 31.6 Å². The standard InChI is InChI=1S/C22H24N2O3/c25-21(19-10-2-5-15-8-3-11-23-20(15)19)24-12-4-9-18(14-24)16-6-1-7-17(13-16)22(26)27/h1-2,5-7,10,13,18,23H,3-4,8-9,11-12,14H2,(H,26,27). The van der Waals surface area contributed by atoms with E-state index < -0.39 is 5.97 Å². The van der Waals surface area contributed by atoms with Crippen molar-refractivity contribution in [2.24, 2.45) is 0 Å². The highest BCUT2D eigenvalue weighted by atomic mass is 16.4. The highest BCUT2D eigenvalue weighted by molar-refractivity contribution is 6.00. The Hall–Kier alpha value is -2.82. The Morgan fingerprint density at radius 3 is 2.81 bits per heavy atom. The minimum absolute atomic E-state index is 0.0698. The third kappa shape index (κ3) is 3.54. The highest BCUT2D eigenvalue weighted by Gasteiger charge is 2.28.